The number of hydrogen-bond acceptors (Lipinski definition) is 2. The van der Waals surface area contributed by atoms with Crippen LogP contribution in [0.4, 0.5) is 0 Å². The first-order chi connectivity index (χ1) is 7.71. The molecule has 1 fully saturated rings. The Kier molecular flexibility index (Phi) is 2.91. The normalized spacial score (nSPS) is 18.2. The van der Waals surface area contributed by atoms with Crippen LogP contribution in [-0.4, -0.2) is 15.8 Å². The molecule has 0 radical (unpaired) electrons. The maximum Gasteiger partial charge on any atom is 0.122 e. The zero-order valence-electron chi connectivity index (χ0n) is 10.5. The molecule has 0 aromatic heterocycles. The first-order valence-corrected chi connectivity index (χ1v) is 6.33. The van der Waals surface area contributed by atoms with E-state index in [1.165, 1.54) is 0 Å². The van der Waals surface area contributed by atoms with E-state index in [1.54, 1.807) is 12.1 Å². The van der Waals surface area contributed by atoms with Crippen molar-refractivity contribution < 1.29 is 10.2 Å². The Morgan fingerprint density at radius 3 is 2.35 bits per heavy atom. The fourth-order valence-electron chi connectivity index (χ4n) is 2.04. The lowest BCUT2D eigenvalue weighted by Crippen LogP contribution is -2.15. The van der Waals surface area contributed by atoms with Gasteiger partial charge in [-0.2, -0.15) is 0 Å². The van der Waals surface area contributed by atoms with E-state index in [-0.39, 0.29) is 11.2 Å². The van der Waals surface area contributed by atoms with Crippen molar-refractivity contribution in [2.24, 2.45) is 0 Å². The maximum absolute atomic E-state index is 10.3. The summed E-state index contributed by atoms with van der Waals surface area (Å²) in [5.41, 5.74) is 0.819. The Labute approximate surface area is 107 Å². The minimum absolute atomic E-state index is 0.157. The van der Waals surface area contributed by atoms with Crippen molar-refractivity contribution in [2.45, 2.75) is 51.0 Å². The molecule has 0 atom stereocenters. The summed E-state index contributed by atoms with van der Waals surface area (Å²) in [6, 6.07) is 3.56. The van der Waals surface area contributed by atoms with Gasteiger partial charge in [0.1, 0.15) is 5.75 Å². The maximum atomic E-state index is 10.3. The average Bonchev–Trinajstić information content (AvgIpc) is 2.87. The van der Waals surface area contributed by atoms with Crippen LogP contribution < -0.4 is 0 Å². The Bertz CT molecular complexity index is 442. The van der Waals surface area contributed by atoms with Gasteiger partial charge >= 0.3 is 0 Å². The smallest absolute Gasteiger partial charge is 0.122 e. The van der Waals surface area contributed by atoms with E-state index in [1.807, 2.05) is 20.8 Å². The van der Waals surface area contributed by atoms with Crippen LogP contribution in [0, 0.1) is 0 Å². The molecule has 0 spiro atoms. The molecule has 0 amide bonds. The second-order valence-corrected chi connectivity index (χ2v) is 6.55. The molecule has 0 heterocycles. The van der Waals surface area contributed by atoms with E-state index in [2.05, 4.69) is 0 Å². The molecule has 94 valence electrons. The van der Waals surface area contributed by atoms with Gasteiger partial charge in [-0.05, 0) is 36.0 Å². The first-order valence-electron chi connectivity index (χ1n) is 5.96. The van der Waals surface area contributed by atoms with Gasteiger partial charge in [0.15, 0.2) is 0 Å². The van der Waals surface area contributed by atoms with Crippen LogP contribution in [0.15, 0.2) is 12.1 Å². The van der Waals surface area contributed by atoms with E-state index < -0.39 is 5.60 Å². The predicted octanol–water partition coefficient (Wildman–Crippen LogP) is 3.41. The molecule has 1 aromatic carbocycles. The van der Waals surface area contributed by atoms with Gasteiger partial charge in [-0.15, -0.1) is 0 Å². The molecule has 3 heteroatoms. The molecule has 0 bridgehead atoms. The van der Waals surface area contributed by atoms with E-state index in [0.29, 0.717) is 11.4 Å². The molecule has 2 N–H and O–H groups in total. The van der Waals surface area contributed by atoms with Crippen LogP contribution in [0.5, 0.6) is 5.75 Å². The van der Waals surface area contributed by atoms with Crippen LogP contribution in [-0.2, 0) is 11.8 Å². The van der Waals surface area contributed by atoms with Gasteiger partial charge in [0.05, 0.1) is 5.60 Å². The Morgan fingerprint density at radius 1 is 1.29 bits per heavy atom. The summed E-state index contributed by atoms with van der Waals surface area (Å²) >= 11 is 6.08. The van der Waals surface area contributed by atoms with Crippen molar-refractivity contribution in [2.75, 3.05) is 0 Å². The molecule has 1 aromatic rings. The third-order valence-corrected chi connectivity index (χ3v) is 3.53. The molecule has 1 saturated carbocycles. The summed E-state index contributed by atoms with van der Waals surface area (Å²) in [7, 11) is 0. The largest absolute Gasteiger partial charge is 0.507 e. The molecule has 17 heavy (non-hydrogen) atoms. The number of phenols is 1. The van der Waals surface area contributed by atoms with Crippen molar-refractivity contribution in [3.8, 4) is 5.75 Å². The Morgan fingerprint density at radius 2 is 1.88 bits per heavy atom. The summed E-state index contributed by atoms with van der Waals surface area (Å²) in [6.45, 7) is 6.11. The van der Waals surface area contributed by atoms with E-state index >= 15 is 0 Å². The van der Waals surface area contributed by atoms with Gasteiger partial charge in [0.25, 0.3) is 0 Å². The highest BCUT2D eigenvalue weighted by Crippen LogP contribution is 2.43. The molecular formula is C14H19ClO2. The molecular weight excluding hydrogens is 236 g/mol. The number of aromatic hydroxyl groups is 1. The van der Waals surface area contributed by atoms with Crippen LogP contribution in [0.2, 0.25) is 5.02 Å². The quantitative estimate of drug-likeness (QED) is 0.849. The summed E-state index contributed by atoms with van der Waals surface area (Å²) in [4.78, 5) is 0. The highest BCUT2D eigenvalue weighted by molar-refractivity contribution is 6.30. The van der Waals surface area contributed by atoms with Gasteiger partial charge in [-0.1, -0.05) is 32.4 Å². The van der Waals surface area contributed by atoms with Gasteiger partial charge < -0.3 is 10.2 Å². The zero-order chi connectivity index (χ0) is 12.8. The molecule has 0 aliphatic heterocycles. The predicted molar refractivity (Wildman–Crippen MR) is 69.7 cm³/mol. The number of aliphatic hydroxyl groups is 1. The zero-order valence-corrected chi connectivity index (χ0v) is 11.3. The summed E-state index contributed by atoms with van der Waals surface area (Å²) in [5, 5.41) is 20.8. The van der Waals surface area contributed by atoms with Gasteiger partial charge in [0.2, 0.25) is 0 Å². The van der Waals surface area contributed by atoms with E-state index in [4.69, 9.17) is 11.6 Å². The molecule has 2 rings (SSSR count). The van der Waals surface area contributed by atoms with Crippen molar-refractivity contribution in [3.63, 3.8) is 0 Å². The summed E-state index contributed by atoms with van der Waals surface area (Å²) in [6.07, 6.45) is 2.11. The van der Waals surface area contributed by atoms with Crippen LogP contribution in [0.1, 0.15) is 44.7 Å². The van der Waals surface area contributed by atoms with Crippen LogP contribution in [0.3, 0.4) is 0 Å². The van der Waals surface area contributed by atoms with Crippen molar-refractivity contribution >= 4 is 11.6 Å². The summed E-state index contributed by atoms with van der Waals surface area (Å²) < 4.78 is 0. The fourth-order valence-corrected chi connectivity index (χ4v) is 2.28. The van der Waals surface area contributed by atoms with Crippen LogP contribution >= 0.6 is 11.6 Å². The fraction of sp³-hybridized carbons (Fsp3) is 0.571. The first kappa shape index (κ1) is 12.7. The van der Waals surface area contributed by atoms with Gasteiger partial charge in [-0.25, -0.2) is 0 Å². The SMILES string of the molecule is CC(C)(C)c1cc(Cl)cc(CC2(O)CC2)c1O. The minimum Gasteiger partial charge on any atom is -0.507 e. The minimum atomic E-state index is -0.614. The lowest BCUT2D eigenvalue weighted by atomic mass is 9.84. The van der Waals surface area contributed by atoms with Crippen molar-refractivity contribution in [3.05, 3.63) is 28.3 Å². The molecule has 1 aliphatic rings. The topological polar surface area (TPSA) is 40.5 Å². The average molecular weight is 255 g/mol. The second-order valence-electron chi connectivity index (χ2n) is 6.11. The lowest BCUT2D eigenvalue weighted by Gasteiger charge is -2.23. The number of phenolic OH excluding ortho intramolecular Hbond substituents is 1. The second kappa shape index (κ2) is 3.89. The summed E-state index contributed by atoms with van der Waals surface area (Å²) in [5.74, 6) is 0.280. The number of rotatable bonds is 2. The Hall–Kier alpha value is -0.730. The molecule has 2 nitrogen and oxygen atoms in total. The standard InChI is InChI=1S/C14H19ClO2/c1-13(2,3)11-7-10(15)6-9(12(11)16)8-14(17)4-5-14/h6-7,16-17H,4-5,8H2,1-3H3. The number of halogens is 1. The molecule has 0 saturated heterocycles. The van der Waals surface area contributed by atoms with Gasteiger partial charge in [0, 0.05) is 17.0 Å². The third-order valence-electron chi connectivity index (χ3n) is 3.31. The molecule has 1 aliphatic carbocycles. The van der Waals surface area contributed by atoms with Crippen molar-refractivity contribution in [1.82, 2.24) is 0 Å². The number of hydrogen-bond donors (Lipinski definition) is 2. The van der Waals surface area contributed by atoms with Crippen molar-refractivity contribution in [1.29, 1.82) is 0 Å². The lowest BCUT2D eigenvalue weighted by molar-refractivity contribution is 0.150. The van der Waals surface area contributed by atoms with Gasteiger partial charge in [-0.3, -0.25) is 0 Å². The monoisotopic (exact) mass is 254 g/mol. The highest BCUT2D eigenvalue weighted by Gasteiger charge is 2.41. The van der Waals surface area contributed by atoms with Crippen LogP contribution in [0.25, 0.3) is 0 Å². The highest BCUT2D eigenvalue weighted by atomic mass is 35.5. The van der Waals surface area contributed by atoms with E-state index in [0.717, 1.165) is 24.0 Å². The third kappa shape index (κ3) is 2.75. The Balaban J connectivity index is 2.42. The van der Waals surface area contributed by atoms with E-state index in [9.17, 15) is 10.2 Å². The number of benzene rings is 1. The molecule has 0 unspecified atom stereocenters.